The lowest BCUT2D eigenvalue weighted by Gasteiger charge is -2.28. The normalized spacial score (nSPS) is 25.0. The molecule has 0 radical (unpaired) electrons. The number of unbranched alkanes of at least 4 members (excludes halogenated alkanes) is 1. The van der Waals surface area contributed by atoms with E-state index < -0.39 is 5.60 Å². The number of anilines is 2. The van der Waals surface area contributed by atoms with Gasteiger partial charge in [-0.25, -0.2) is 9.97 Å². The zero-order valence-corrected chi connectivity index (χ0v) is 21.1. The fourth-order valence-corrected chi connectivity index (χ4v) is 5.26. The quantitative estimate of drug-likeness (QED) is 0.347. The maximum atomic E-state index is 11.0. The molecule has 0 bridgehead atoms. The van der Waals surface area contributed by atoms with Gasteiger partial charge in [-0.05, 0) is 63.9 Å². The van der Waals surface area contributed by atoms with Crippen LogP contribution in [0.15, 0.2) is 17.4 Å². The van der Waals surface area contributed by atoms with E-state index in [0.29, 0.717) is 30.5 Å². The molecular formula is C25H36N6O2S. The van der Waals surface area contributed by atoms with E-state index in [2.05, 4.69) is 27.5 Å². The molecule has 34 heavy (non-hydrogen) atoms. The number of rotatable bonds is 11. The maximum Gasteiger partial charge on any atom is 0.224 e. The summed E-state index contributed by atoms with van der Waals surface area (Å²) in [7, 11) is 0. The SMILES string of the molecule is CCCC=N/C=C\c1cnc(-c2c(C)nc(NCC3CC3)nc2NC2CC(CO)CC2(C)O)s1. The first-order valence-electron chi connectivity index (χ1n) is 12.3. The molecule has 2 fully saturated rings. The first kappa shape index (κ1) is 24.8. The molecule has 184 valence electrons. The van der Waals surface area contributed by atoms with E-state index in [1.807, 2.05) is 32.3 Å². The first-order chi connectivity index (χ1) is 16.4. The molecule has 2 aliphatic carbocycles. The largest absolute Gasteiger partial charge is 0.396 e. The lowest BCUT2D eigenvalue weighted by atomic mass is 10.00. The minimum atomic E-state index is -0.932. The fraction of sp³-hybridized carbons (Fsp3) is 0.600. The van der Waals surface area contributed by atoms with Gasteiger partial charge in [-0.3, -0.25) is 4.99 Å². The average Bonchev–Trinajstić information content (AvgIpc) is 3.44. The molecule has 2 aromatic heterocycles. The van der Waals surface area contributed by atoms with E-state index in [4.69, 9.17) is 9.97 Å². The molecule has 2 saturated carbocycles. The topological polar surface area (TPSA) is 116 Å². The summed E-state index contributed by atoms with van der Waals surface area (Å²) >= 11 is 1.56. The maximum absolute atomic E-state index is 11.0. The highest BCUT2D eigenvalue weighted by atomic mass is 32.1. The standard InChI is InChI=1S/C25H36N6O2S/c1-4-5-9-26-10-8-19-14-27-23(34-19)21-16(2)29-24(28-13-17-6-7-17)31-22(21)30-20-11-18(15-32)12-25(20,3)33/h8-10,14,17-18,20,32-33H,4-7,11-13,15H2,1-3H3,(H2,28,29,30,31)/b10-8-,26-9?. The Balaban J connectivity index is 1.62. The number of aliphatic imine (C=N–C) groups is 1. The molecule has 0 spiro atoms. The summed E-state index contributed by atoms with van der Waals surface area (Å²) in [5.74, 6) is 2.03. The number of nitrogens with zero attached hydrogens (tertiary/aromatic N) is 4. The van der Waals surface area contributed by atoms with Crippen molar-refractivity contribution < 1.29 is 10.2 Å². The lowest BCUT2D eigenvalue weighted by Crippen LogP contribution is -2.39. The van der Waals surface area contributed by atoms with Gasteiger partial charge in [0.2, 0.25) is 5.95 Å². The van der Waals surface area contributed by atoms with Gasteiger partial charge in [0.25, 0.3) is 0 Å². The second-order valence-electron chi connectivity index (χ2n) is 9.73. The monoisotopic (exact) mass is 484 g/mol. The molecule has 0 amide bonds. The molecule has 8 nitrogen and oxygen atoms in total. The van der Waals surface area contributed by atoms with Gasteiger partial charge in [-0.2, -0.15) is 4.98 Å². The van der Waals surface area contributed by atoms with Gasteiger partial charge in [0.15, 0.2) is 0 Å². The van der Waals surface area contributed by atoms with Gasteiger partial charge < -0.3 is 20.8 Å². The number of hydrogen-bond donors (Lipinski definition) is 4. The highest BCUT2D eigenvalue weighted by Gasteiger charge is 2.43. The van der Waals surface area contributed by atoms with Crippen LogP contribution in [0.1, 0.15) is 62.9 Å². The van der Waals surface area contributed by atoms with Gasteiger partial charge in [0, 0.05) is 36.6 Å². The summed E-state index contributed by atoms with van der Waals surface area (Å²) in [5.41, 5.74) is 0.746. The van der Waals surface area contributed by atoms with Gasteiger partial charge in [-0.1, -0.05) is 13.3 Å². The minimum absolute atomic E-state index is 0.0659. The molecule has 4 rings (SSSR count). The van der Waals surface area contributed by atoms with Crippen LogP contribution in [0.4, 0.5) is 11.8 Å². The van der Waals surface area contributed by atoms with Gasteiger partial charge >= 0.3 is 0 Å². The van der Waals surface area contributed by atoms with E-state index in [0.717, 1.165) is 40.5 Å². The van der Waals surface area contributed by atoms with Crippen molar-refractivity contribution in [2.75, 3.05) is 23.8 Å². The third kappa shape index (κ3) is 6.20. The van der Waals surface area contributed by atoms with Crippen LogP contribution in [-0.4, -0.2) is 56.2 Å². The lowest BCUT2D eigenvalue weighted by molar-refractivity contribution is 0.0506. The van der Waals surface area contributed by atoms with Crippen molar-refractivity contribution in [3.63, 3.8) is 0 Å². The predicted octanol–water partition coefficient (Wildman–Crippen LogP) is 4.51. The molecule has 3 unspecified atom stereocenters. The van der Waals surface area contributed by atoms with E-state index in [1.165, 1.54) is 12.8 Å². The Morgan fingerprint density at radius 2 is 2.12 bits per heavy atom. The molecule has 3 atom stereocenters. The van der Waals surface area contributed by atoms with Crippen LogP contribution in [0.3, 0.4) is 0 Å². The molecule has 0 aliphatic heterocycles. The van der Waals surface area contributed by atoms with Crippen LogP contribution in [0.5, 0.6) is 0 Å². The Morgan fingerprint density at radius 3 is 2.82 bits per heavy atom. The van der Waals surface area contributed by atoms with Crippen molar-refractivity contribution in [2.45, 2.75) is 70.9 Å². The predicted molar refractivity (Wildman–Crippen MR) is 139 cm³/mol. The van der Waals surface area contributed by atoms with E-state index in [1.54, 1.807) is 17.5 Å². The van der Waals surface area contributed by atoms with Crippen LogP contribution >= 0.6 is 11.3 Å². The van der Waals surface area contributed by atoms with Crippen LogP contribution in [0, 0.1) is 18.8 Å². The molecule has 2 heterocycles. The van der Waals surface area contributed by atoms with Crippen molar-refractivity contribution >= 4 is 35.4 Å². The Bertz CT molecular complexity index is 1030. The van der Waals surface area contributed by atoms with E-state index in [9.17, 15) is 10.2 Å². The summed E-state index contributed by atoms with van der Waals surface area (Å²) < 4.78 is 0. The third-order valence-electron chi connectivity index (χ3n) is 6.51. The van der Waals surface area contributed by atoms with Crippen LogP contribution < -0.4 is 10.6 Å². The van der Waals surface area contributed by atoms with Crippen molar-refractivity contribution in [3.8, 4) is 10.6 Å². The first-order valence-corrected chi connectivity index (χ1v) is 13.1. The van der Waals surface area contributed by atoms with Crippen LogP contribution in [0.25, 0.3) is 16.6 Å². The smallest absolute Gasteiger partial charge is 0.224 e. The molecule has 0 aromatic carbocycles. The number of nitrogens with one attached hydrogen (secondary N) is 2. The van der Waals surface area contributed by atoms with Crippen molar-refractivity contribution in [3.05, 3.63) is 23.0 Å². The summed E-state index contributed by atoms with van der Waals surface area (Å²) in [6, 6.07) is -0.221. The Hall–Kier alpha value is -2.36. The second-order valence-corrected chi connectivity index (χ2v) is 10.8. The summed E-state index contributed by atoms with van der Waals surface area (Å²) in [5, 5.41) is 28.3. The summed E-state index contributed by atoms with van der Waals surface area (Å²) in [6.07, 6.45) is 13.3. The number of thiazole rings is 1. The van der Waals surface area contributed by atoms with Crippen molar-refractivity contribution in [1.82, 2.24) is 15.0 Å². The highest BCUT2D eigenvalue weighted by Crippen LogP contribution is 2.40. The molecule has 0 saturated heterocycles. The average molecular weight is 485 g/mol. The van der Waals surface area contributed by atoms with Crippen molar-refractivity contribution in [2.24, 2.45) is 16.8 Å². The van der Waals surface area contributed by atoms with Gasteiger partial charge in [0.05, 0.1) is 22.9 Å². The van der Waals surface area contributed by atoms with E-state index >= 15 is 0 Å². The molecule has 4 N–H and O–H groups in total. The van der Waals surface area contributed by atoms with Gasteiger partial charge in [-0.15, -0.1) is 11.3 Å². The Labute approximate surface area is 205 Å². The number of aliphatic hydroxyl groups excluding tert-OH is 1. The number of aryl methyl sites for hydroxylation is 1. The fourth-order valence-electron chi connectivity index (χ4n) is 4.35. The second kappa shape index (κ2) is 10.9. The van der Waals surface area contributed by atoms with Crippen LogP contribution in [-0.2, 0) is 0 Å². The van der Waals surface area contributed by atoms with E-state index in [-0.39, 0.29) is 18.6 Å². The molecular weight excluding hydrogens is 448 g/mol. The summed E-state index contributed by atoms with van der Waals surface area (Å²) in [6.45, 7) is 6.87. The number of hydrogen-bond acceptors (Lipinski definition) is 9. The minimum Gasteiger partial charge on any atom is -0.396 e. The van der Waals surface area contributed by atoms with Gasteiger partial charge in [0.1, 0.15) is 10.8 Å². The van der Waals surface area contributed by atoms with Crippen LogP contribution in [0.2, 0.25) is 0 Å². The molecule has 2 aromatic rings. The van der Waals surface area contributed by atoms with Crippen molar-refractivity contribution in [1.29, 1.82) is 0 Å². The zero-order chi connectivity index (χ0) is 24.1. The summed E-state index contributed by atoms with van der Waals surface area (Å²) in [4.78, 5) is 19.5. The Morgan fingerprint density at radius 1 is 1.29 bits per heavy atom. The molecule has 9 heteroatoms. The molecule has 2 aliphatic rings. The highest BCUT2D eigenvalue weighted by molar-refractivity contribution is 7.15. The number of aliphatic hydroxyl groups is 2. The third-order valence-corrected chi connectivity index (χ3v) is 7.49. The zero-order valence-electron chi connectivity index (χ0n) is 20.3. The Kier molecular flexibility index (Phi) is 7.95. The number of aromatic nitrogens is 3.